The summed E-state index contributed by atoms with van der Waals surface area (Å²) in [5.74, 6) is -1.14. The number of hydrogen-bond donors (Lipinski definition) is 1. The summed E-state index contributed by atoms with van der Waals surface area (Å²) in [5.41, 5.74) is -3.16. The van der Waals surface area contributed by atoms with Crippen molar-refractivity contribution in [1.29, 1.82) is 0 Å². The van der Waals surface area contributed by atoms with Crippen LogP contribution in [-0.4, -0.2) is 73.2 Å². The molecular formula is C30H35Cl3F3N3O3. The van der Waals surface area contributed by atoms with E-state index in [1.165, 1.54) is 11.0 Å². The molecule has 0 aliphatic carbocycles. The highest BCUT2D eigenvalue weighted by molar-refractivity contribution is 6.35. The Balaban J connectivity index is 1.36. The molecule has 0 radical (unpaired) electrons. The van der Waals surface area contributed by atoms with Crippen molar-refractivity contribution >= 4 is 52.3 Å². The van der Waals surface area contributed by atoms with E-state index in [1.807, 2.05) is 12.1 Å². The molecule has 0 spiro atoms. The van der Waals surface area contributed by atoms with E-state index < -0.39 is 23.2 Å². The molecule has 2 fully saturated rings. The number of carbonyl (C=O) groups excluding carboxylic acids is 2. The second kappa shape index (κ2) is 12.4. The highest BCUT2D eigenvalue weighted by Crippen LogP contribution is 2.45. The van der Waals surface area contributed by atoms with E-state index in [1.54, 1.807) is 20.2 Å². The van der Waals surface area contributed by atoms with Crippen LogP contribution in [0.25, 0.3) is 0 Å². The maximum atomic E-state index is 14.2. The van der Waals surface area contributed by atoms with Gasteiger partial charge in [0.25, 0.3) is 17.4 Å². The van der Waals surface area contributed by atoms with Crippen LogP contribution in [0.1, 0.15) is 54.9 Å². The molecule has 0 bridgehead atoms. The van der Waals surface area contributed by atoms with Crippen LogP contribution in [0.3, 0.4) is 0 Å². The van der Waals surface area contributed by atoms with Gasteiger partial charge in [-0.1, -0.05) is 41.7 Å². The molecule has 2 heterocycles. The number of hydrogen-bond acceptors (Lipinski definition) is 4. The fourth-order valence-electron chi connectivity index (χ4n) is 6.06. The Hall–Kier alpha value is -2.20. The quantitative estimate of drug-likeness (QED) is 0.365. The fourth-order valence-corrected chi connectivity index (χ4v) is 6.84. The number of alkyl halides is 3. The maximum absolute atomic E-state index is 14.2. The van der Waals surface area contributed by atoms with Crippen LogP contribution in [0.2, 0.25) is 15.1 Å². The summed E-state index contributed by atoms with van der Waals surface area (Å²) in [5, 5.41) is 11.0. The molecule has 1 atom stereocenters. The standard InChI is InChI=1S/C30H35Cl3F3N3O3/c1-28(18-19-6-10-38(11-7-19)23-4-5-24(25(33)17-23)26(40)37(2)3)8-12-39(13-9-28)27(41)29(42,30(34,35)36)20-14-21(31)16-22(32)15-20/h4-5,14-17,19,42H,6-13,18H2,1-3H3/t29-/m1/s1. The van der Waals surface area contributed by atoms with E-state index in [4.69, 9.17) is 34.8 Å². The van der Waals surface area contributed by atoms with Crippen molar-refractivity contribution in [2.75, 3.05) is 45.2 Å². The highest BCUT2D eigenvalue weighted by Gasteiger charge is 2.62. The summed E-state index contributed by atoms with van der Waals surface area (Å²) in [4.78, 5) is 30.3. The lowest BCUT2D eigenvalue weighted by atomic mass is 9.71. The number of anilines is 1. The van der Waals surface area contributed by atoms with Gasteiger partial charge < -0.3 is 19.8 Å². The minimum Gasteiger partial charge on any atom is -0.371 e. The van der Waals surface area contributed by atoms with Gasteiger partial charge >= 0.3 is 6.18 Å². The molecule has 2 saturated heterocycles. The van der Waals surface area contributed by atoms with Crippen molar-refractivity contribution in [2.24, 2.45) is 11.3 Å². The first-order chi connectivity index (χ1) is 19.5. The number of benzene rings is 2. The van der Waals surface area contributed by atoms with Crippen molar-refractivity contribution in [3.05, 3.63) is 62.6 Å². The first-order valence-corrected chi connectivity index (χ1v) is 15.0. The van der Waals surface area contributed by atoms with E-state index >= 15 is 0 Å². The van der Waals surface area contributed by atoms with Crippen LogP contribution in [-0.2, 0) is 10.4 Å². The molecule has 0 unspecified atom stereocenters. The maximum Gasteiger partial charge on any atom is 0.430 e. The van der Waals surface area contributed by atoms with Gasteiger partial charge in [-0.25, -0.2) is 0 Å². The van der Waals surface area contributed by atoms with Crippen LogP contribution < -0.4 is 4.90 Å². The van der Waals surface area contributed by atoms with Gasteiger partial charge in [0, 0.05) is 61.6 Å². The highest BCUT2D eigenvalue weighted by atomic mass is 35.5. The molecule has 0 aromatic heterocycles. The number of nitrogens with zero attached hydrogens (tertiary/aromatic N) is 3. The molecule has 2 aliphatic rings. The molecular weight excluding hydrogens is 614 g/mol. The lowest BCUT2D eigenvalue weighted by Crippen LogP contribution is -2.57. The number of carbonyl (C=O) groups is 2. The first kappa shape index (κ1) is 32.7. The van der Waals surface area contributed by atoms with E-state index in [9.17, 15) is 27.9 Å². The molecule has 12 heteroatoms. The lowest BCUT2D eigenvalue weighted by molar-refractivity contribution is -0.262. The third-order valence-electron chi connectivity index (χ3n) is 8.61. The minimum atomic E-state index is -5.26. The Morgan fingerprint density at radius 2 is 1.55 bits per heavy atom. The first-order valence-electron chi connectivity index (χ1n) is 13.9. The van der Waals surface area contributed by atoms with Gasteiger partial charge in [-0.3, -0.25) is 9.59 Å². The van der Waals surface area contributed by atoms with Crippen LogP contribution in [0, 0.1) is 11.3 Å². The smallest absolute Gasteiger partial charge is 0.371 e. The average molecular weight is 649 g/mol. The summed E-state index contributed by atoms with van der Waals surface area (Å²) in [7, 11) is 3.36. The summed E-state index contributed by atoms with van der Waals surface area (Å²) in [6, 6.07) is 8.57. The van der Waals surface area contributed by atoms with Crippen LogP contribution in [0.4, 0.5) is 18.9 Å². The topological polar surface area (TPSA) is 64.1 Å². The summed E-state index contributed by atoms with van der Waals surface area (Å²) in [6.45, 7) is 3.98. The molecule has 6 nitrogen and oxygen atoms in total. The van der Waals surface area contributed by atoms with E-state index in [0.29, 0.717) is 29.3 Å². The monoisotopic (exact) mass is 647 g/mol. The number of amides is 2. The molecule has 2 aromatic carbocycles. The third-order valence-corrected chi connectivity index (χ3v) is 9.36. The number of rotatable bonds is 6. The predicted molar refractivity (Wildman–Crippen MR) is 159 cm³/mol. The Morgan fingerprint density at radius 1 is 0.976 bits per heavy atom. The molecule has 4 rings (SSSR count). The predicted octanol–water partition coefficient (Wildman–Crippen LogP) is 7.03. The van der Waals surface area contributed by atoms with Gasteiger partial charge in [0.15, 0.2) is 0 Å². The fraction of sp³-hybridized carbons (Fsp3) is 0.533. The van der Waals surface area contributed by atoms with E-state index in [2.05, 4.69) is 11.8 Å². The number of piperidine rings is 2. The molecule has 0 saturated carbocycles. The lowest BCUT2D eigenvalue weighted by Gasteiger charge is -2.45. The van der Waals surface area contributed by atoms with Gasteiger partial charge in [0.1, 0.15) is 0 Å². The van der Waals surface area contributed by atoms with Gasteiger partial charge in [0.05, 0.1) is 10.6 Å². The van der Waals surface area contributed by atoms with Crippen molar-refractivity contribution < 1.29 is 27.9 Å². The van der Waals surface area contributed by atoms with Gasteiger partial charge in [0.2, 0.25) is 0 Å². The minimum absolute atomic E-state index is 0.107. The zero-order chi connectivity index (χ0) is 31.0. The van der Waals surface area contributed by atoms with Crippen molar-refractivity contribution in [3.63, 3.8) is 0 Å². The molecule has 2 aliphatic heterocycles. The Morgan fingerprint density at radius 3 is 2.05 bits per heavy atom. The third kappa shape index (κ3) is 6.79. The van der Waals surface area contributed by atoms with Gasteiger partial charge in [-0.15, -0.1) is 0 Å². The van der Waals surface area contributed by atoms with Crippen molar-refractivity contribution in [1.82, 2.24) is 9.80 Å². The Kier molecular flexibility index (Phi) is 9.68. The van der Waals surface area contributed by atoms with E-state index in [0.717, 1.165) is 55.1 Å². The van der Waals surface area contributed by atoms with Crippen LogP contribution in [0.15, 0.2) is 36.4 Å². The number of halogens is 6. The Labute approximate surface area is 259 Å². The van der Waals surface area contributed by atoms with Gasteiger partial charge in [-0.05, 0) is 79.8 Å². The van der Waals surface area contributed by atoms with Gasteiger partial charge in [-0.2, -0.15) is 13.2 Å². The zero-order valence-electron chi connectivity index (χ0n) is 23.8. The molecule has 42 heavy (non-hydrogen) atoms. The second-order valence-electron chi connectivity index (χ2n) is 12.0. The van der Waals surface area contributed by atoms with Crippen LogP contribution in [0.5, 0.6) is 0 Å². The molecule has 2 amide bonds. The van der Waals surface area contributed by atoms with E-state index in [-0.39, 0.29) is 34.5 Å². The largest absolute Gasteiger partial charge is 0.430 e. The average Bonchev–Trinajstić information content (AvgIpc) is 2.91. The second-order valence-corrected chi connectivity index (χ2v) is 13.2. The summed E-state index contributed by atoms with van der Waals surface area (Å²) >= 11 is 18.2. The summed E-state index contributed by atoms with van der Waals surface area (Å²) < 4.78 is 42.5. The number of likely N-dealkylation sites (tertiary alicyclic amines) is 1. The molecule has 1 N–H and O–H groups in total. The van der Waals surface area contributed by atoms with Crippen molar-refractivity contribution in [2.45, 2.75) is 50.8 Å². The normalized spacial score (nSPS) is 19.4. The zero-order valence-corrected chi connectivity index (χ0v) is 26.0. The van der Waals surface area contributed by atoms with Crippen LogP contribution >= 0.6 is 34.8 Å². The summed E-state index contributed by atoms with van der Waals surface area (Å²) in [6.07, 6.45) is -1.43. The Bertz CT molecular complexity index is 1300. The van der Waals surface area contributed by atoms with Crippen molar-refractivity contribution in [3.8, 4) is 0 Å². The molecule has 2 aromatic rings. The SMILES string of the molecule is CN(C)C(=O)c1ccc(N2CCC(CC3(C)CCN(C(=O)[C@](O)(c4cc(Cl)cc(Cl)c4)C(F)(F)F)CC3)CC2)cc1Cl. The number of aliphatic hydroxyl groups is 1. The molecule has 230 valence electrons.